The van der Waals surface area contributed by atoms with Gasteiger partial charge in [-0.1, -0.05) is 6.92 Å². The Morgan fingerprint density at radius 2 is 1.93 bits per heavy atom. The van der Waals surface area contributed by atoms with Crippen LogP contribution in [0.5, 0.6) is 0 Å². The van der Waals surface area contributed by atoms with Crippen LogP contribution in [-0.4, -0.2) is 53.6 Å². The Bertz CT molecular complexity index is 152. The van der Waals surface area contributed by atoms with Crippen LogP contribution in [0.2, 0.25) is 0 Å². The van der Waals surface area contributed by atoms with Gasteiger partial charge in [0.2, 0.25) is 0 Å². The van der Waals surface area contributed by atoms with Crippen molar-refractivity contribution in [1.29, 1.82) is 0 Å². The van der Waals surface area contributed by atoms with Crippen LogP contribution in [0.3, 0.4) is 0 Å². The fourth-order valence-electron chi connectivity index (χ4n) is 1.02. The van der Waals surface area contributed by atoms with Gasteiger partial charge in [-0.3, -0.25) is 0 Å². The molecule has 1 unspecified atom stereocenters. The number of alkyl halides is 3. The zero-order valence-electron chi connectivity index (χ0n) is 8.09. The lowest BCUT2D eigenvalue weighted by atomic mass is 10.3. The number of rotatable bonds is 6. The van der Waals surface area contributed by atoms with Crippen molar-refractivity contribution >= 4 is 0 Å². The summed E-state index contributed by atoms with van der Waals surface area (Å²) < 4.78 is 35.8. The topological polar surface area (TPSA) is 43.7 Å². The van der Waals surface area contributed by atoms with Crippen LogP contribution < -0.4 is 0 Å². The van der Waals surface area contributed by atoms with Gasteiger partial charge in [0.1, 0.15) is 0 Å². The van der Waals surface area contributed by atoms with Gasteiger partial charge >= 0.3 is 6.18 Å². The molecule has 0 aliphatic heterocycles. The van der Waals surface area contributed by atoms with E-state index in [2.05, 4.69) is 0 Å². The molecular weight excluding hydrogens is 199 g/mol. The Kier molecular flexibility index (Phi) is 6.06. The van der Waals surface area contributed by atoms with Gasteiger partial charge in [0.25, 0.3) is 0 Å². The summed E-state index contributed by atoms with van der Waals surface area (Å²) in [4.78, 5) is 1.45. The van der Waals surface area contributed by atoms with Crippen LogP contribution in [0, 0.1) is 0 Å². The molecule has 0 spiro atoms. The third-order valence-electron chi connectivity index (χ3n) is 1.89. The van der Waals surface area contributed by atoms with E-state index in [0.717, 1.165) is 0 Å². The maximum Gasteiger partial charge on any atom is 0.415 e. The van der Waals surface area contributed by atoms with Crippen LogP contribution in [0.4, 0.5) is 13.2 Å². The van der Waals surface area contributed by atoms with Crippen molar-refractivity contribution in [2.75, 3.05) is 26.2 Å². The average molecular weight is 215 g/mol. The highest BCUT2D eigenvalue weighted by Gasteiger charge is 2.38. The Balaban J connectivity index is 3.92. The summed E-state index contributed by atoms with van der Waals surface area (Å²) in [6.07, 6.45) is -6.45. The SMILES string of the molecule is CCN(CCCO)CC(O)C(F)(F)F. The van der Waals surface area contributed by atoms with Crippen molar-refractivity contribution in [3.05, 3.63) is 0 Å². The van der Waals surface area contributed by atoms with E-state index in [4.69, 9.17) is 10.2 Å². The van der Waals surface area contributed by atoms with Gasteiger partial charge in [-0.15, -0.1) is 0 Å². The zero-order valence-corrected chi connectivity index (χ0v) is 8.09. The Morgan fingerprint density at radius 1 is 1.36 bits per heavy atom. The van der Waals surface area contributed by atoms with Gasteiger partial charge < -0.3 is 15.1 Å². The second-order valence-corrected chi connectivity index (χ2v) is 3.03. The molecule has 0 aliphatic carbocycles. The second-order valence-electron chi connectivity index (χ2n) is 3.03. The summed E-state index contributed by atoms with van der Waals surface area (Å²) in [7, 11) is 0. The lowest BCUT2D eigenvalue weighted by Crippen LogP contribution is -2.41. The van der Waals surface area contributed by atoms with Gasteiger partial charge in [0, 0.05) is 19.7 Å². The number of aliphatic hydroxyl groups excluding tert-OH is 2. The first-order valence-electron chi connectivity index (χ1n) is 4.49. The summed E-state index contributed by atoms with van der Waals surface area (Å²) >= 11 is 0. The van der Waals surface area contributed by atoms with E-state index < -0.39 is 18.8 Å². The Morgan fingerprint density at radius 3 is 2.29 bits per heavy atom. The minimum Gasteiger partial charge on any atom is -0.396 e. The molecule has 1 atom stereocenters. The molecule has 0 rings (SSSR count). The van der Waals surface area contributed by atoms with Crippen LogP contribution in [0.25, 0.3) is 0 Å². The molecule has 0 aromatic heterocycles. The highest BCUT2D eigenvalue weighted by atomic mass is 19.4. The molecule has 0 bridgehead atoms. The molecule has 0 saturated heterocycles. The summed E-state index contributed by atoms with van der Waals surface area (Å²) in [5.41, 5.74) is 0. The fraction of sp³-hybridized carbons (Fsp3) is 1.00. The van der Waals surface area contributed by atoms with E-state index in [-0.39, 0.29) is 6.61 Å². The van der Waals surface area contributed by atoms with Gasteiger partial charge in [-0.05, 0) is 13.0 Å². The molecule has 0 radical (unpaired) electrons. The van der Waals surface area contributed by atoms with Gasteiger partial charge in [-0.2, -0.15) is 13.2 Å². The number of nitrogens with zero attached hydrogens (tertiary/aromatic N) is 1. The normalized spacial score (nSPS) is 14.8. The van der Waals surface area contributed by atoms with Crippen LogP contribution in [0.15, 0.2) is 0 Å². The van der Waals surface area contributed by atoms with Crippen LogP contribution in [0.1, 0.15) is 13.3 Å². The van der Waals surface area contributed by atoms with E-state index in [1.807, 2.05) is 0 Å². The third kappa shape index (κ3) is 5.41. The number of hydrogen-bond acceptors (Lipinski definition) is 3. The molecular formula is C8H16F3NO2. The Hall–Kier alpha value is -0.330. The van der Waals surface area contributed by atoms with Gasteiger partial charge in [0.05, 0.1) is 0 Å². The average Bonchev–Trinajstić information content (AvgIpc) is 2.10. The summed E-state index contributed by atoms with van der Waals surface area (Å²) in [6, 6.07) is 0. The quantitative estimate of drug-likeness (QED) is 0.682. The summed E-state index contributed by atoms with van der Waals surface area (Å²) in [5, 5.41) is 17.3. The minimum atomic E-state index is -4.56. The molecule has 0 aliphatic rings. The molecule has 0 saturated carbocycles. The van der Waals surface area contributed by atoms with Crippen molar-refractivity contribution in [3.8, 4) is 0 Å². The van der Waals surface area contributed by atoms with E-state index in [1.54, 1.807) is 6.92 Å². The number of hydrogen-bond donors (Lipinski definition) is 2. The molecule has 0 heterocycles. The van der Waals surface area contributed by atoms with Crippen molar-refractivity contribution < 1.29 is 23.4 Å². The highest BCUT2D eigenvalue weighted by molar-refractivity contribution is 4.70. The largest absolute Gasteiger partial charge is 0.415 e. The molecule has 0 aromatic carbocycles. The summed E-state index contributed by atoms with van der Waals surface area (Å²) in [6.45, 7) is 2.01. The number of halogens is 3. The van der Waals surface area contributed by atoms with Gasteiger partial charge in [0.15, 0.2) is 6.10 Å². The minimum absolute atomic E-state index is 0.0569. The zero-order chi connectivity index (χ0) is 11.2. The van der Waals surface area contributed by atoms with Crippen molar-refractivity contribution in [2.24, 2.45) is 0 Å². The first-order valence-corrected chi connectivity index (χ1v) is 4.49. The summed E-state index contributed by atoms with van der Waals surface area (Å²) in [5.74, 6) is 0. The fourth-order valence-corrected chi connectivity index (χ4v) is 1.02. The predicted molar refractivity (Wildman–Crippen MR) is 45.9 cm³/mol. The van der Waals surface area contributed by atoms with E-state index in [9.17, 15) is 13.2 Å². The van der Waals surface area contributed by atoms with Crippen molar-refractivity contribution in [3.63, 3.8) is 0 Å². The van der Waals surface area contributed by atoms with Gasteiger partial charge in [-0.25, -0.2) is 0 Å². The van der Waals surface area contributed by atoms with E-state index in [1.165, 1.54) is 4.90 Å². The lowest BCUT2D eigenvalue weighted by molar-refractivity contribution is -0.208. The number of likely N-dealkylation sites (N-methyl/N-ethyl adjacent to an activating group) is 1. The van der Waals surface area contributed by atoms with Crippen LogP contribution >= 0.6 is 0 Å². The molecule has 2 N–H and O–H groups in total. The molecule has 0 aromatic rings. The standard InChI is InChI=1S/C8H16F3NO2/c1-2-12(4-3-5-13)6-7(14)8(9,10)11/h7,13-14H,2-6H2,1H3. The molecule has 14 heavy (non-hydrogen) atoms. The molecule has 3 nitrogen and oxygen atoms in total. The smallest absolute Gasteiger partial charge is 0.396 e. The molecule has 86 valence electrons. The number of aliphatic hydroxyl groups is 2. The highest BCUT2D eigenvalue weighted by Crippen LogP contribution is 2.20. The van der Waals surface area contributed by atoms with Crippen LogP contribution in [-0.2, 0) is 0 Å². The monoisotopic (exact) mass is 215 g/mol. The first-order chi connectivity index (χ1) is 6.41. The Labute approximate surface area is 81.1 Å². The van der Waals surface area contributed by atoms with Crippen molar-refractivity contribution in [1.82, 2.24) is 4.90 Å². The maximum atomic E-state index is 11.9. The molecule has 0 fully saturated rings. The van der Waals surface area contributed by atoms with E-state index in [0.29, 0.717) is 19.5 Å². The molecule has 0 amide bonds. The lowest BCUT2D eigenvalue weighted by Gasteiger charge is -2.24. The van der Waals surface area contributed by atoms with E-state index >= 15 is 0 Å². The second kappa shape index (κ2) is 6.21. The predicted octanol–water partition coefficient (Wildman–Crippen LogP) is 0.614. The van der Waals surface area contributed by atoms with Crippen molar-refractivity contribution in [2.45, 2.75) is 25.6 Å². The molecule has 6 heteroatoms. The maximum absolute atomic E-state index is 11.9. The third-order valence-corrected chi connectivity index (χ3v) is 1.89. The first kappa shape index (κ1) is 13.7.